The fourth-order valence-electron chi connectivity index (χ4n) is 4.50. The molecular weight excluding hydrogens is 368 g/mol. The van der Waals surface area contributed by atoms with Gasteiger partial charge in [-0.2, -0.15) is 0 Å². The summed E-state index contributed by atoms with van der Waals surface area (Å²) in [4.78, 5) is 41.5. The smallest absolute Gasteiger partial charge is 0.245 e. The first kappa shape index (κ1) is 23.6. The summed E-state index contributed by atoms with van der Waals surface area (Å²) < 4.78 is 0. The number of carbonyl (C=O) groups is 3. The van der Waals surface area contributed by atoms with E-state index in [1.165, 1.54) is 0 Å². The molecule has 7 nitrogen and oxygen atoms in total. The molecule has 0 saturated carbocycles. The van der Waals surface area contributed by atoms with E-state index in [0.29, 0.717) is 32.5 Å². The summed E-state index contributed by atoms with van der Waals surface area (Å²) in [5.41, 5.74) is 5.36. The third-order valence-electron chi connectivity index (χ3n) is 6.05. The molecule has 0 spiro atoms. The van der Waals surface area contributed by atoms with Gasteiger partial charge in [-0.25, -0.2) is 0 Å². The Morgan fingerprint density at radius 2 is 1.86 bits per heavy atom. The molecule has 2 rings (SSSR count). The molecule has 0 bridgehead atoms. The van der Waals surface area contributed by atoms with Crippen LogP contribution < -0.4 is 11.1 Å². The van der Waals surface area contributed by atoms with Crippen LogP contribution in [0, 0.1) is 11.3 Å². The van der Waals surface area contributed by atoms with Crippen LogP contribution in [0.4, 0.5) is 0 Å². The SMILES string of the molecule is CCCC[C@@H](C(=O)N1CCC(CC(N)=O)CC1)N1CCN[C@@H](CC(C)(C)C)C1=O. The van der Waals surface area contributed by atoms with Crippen molar-refractivity contribution in [3.63, 3.8) is 0 Å². The lowest BCUT2D eigenvalue weighted by Gasteiger charge is -2.42. The molecule has 0 aliphatic carbocycles. The Kier molecular flexibility index (Phi) is 8.49. The maximum atomic E-state index is 13.4. The molecule has 2 saturated heterocycles. The molecule has 2 heterocycles. The molecule has 0 aromatic rings. The topological polar surface area (TPSA) is 95.7 Å². The van der Waals surface area contributed by atoms with E-state index < -0.39 is 0 Å². The Hall–Kier alpha value is -1.63. The van der Waals surface area contributed by atoms with Gasteiger partial charge in [0.25, 0.3) is 0 Å². The molecule has 2 aliphatic rings. The van der Waals surface area contributed by atoms with Crippen molar-refractivity contribution in [1.82, 2.24) is 15.1 Å². The Morgan fingerprint density at radius 3 is 2.41 bits per heavy atom. The first-order valence-corrected chi connectivity index (χ1v) is 11.2. The molecule has 2 atom stereocenters. The van der Waals surface area contributed by atoms with Gasteiger partial charge >= 0.3 is 0 Å². The number of rotatable bonds is 8. The summed E-state index contributed by atoms with van der Waals surface area (Å²) in [5, 5.41) is 3.35. The number of piperidine rings is 1. The second-order valence-electron chi connectivity index (χ2n) is 9.90. The molecule has 7 heteroatoms. The van der Waals surface area contributed by atoms with Gasteiger partial charge < -0.3 is 20.9 Å². The standard InChI is InChI=1S/C22H40N4O3/c1-5-6-7-18(21(29)25-11-8-16(9-12-25)14-19(23)27)26-13-10-24-17(20(26)28)15-22(2,3)4/h16-18,24H,5-15H2,1-4H3,(H2,23,27)/t17-,18-/m0/s1. The van der Waals surface area contributed by atoms with Gasteiger partial charge in [0, 0.05) is 32.6 Å². The van der Waals surface area contributed by atoms with E-state index in [2.05, 4.69) is 33.0 Å². The largest absolute Gasteiger partial charge is 0.370 e. The Bertz CT molecular complexity index is 579. The van der Waals surface area contributed by atoms with E-state index in [0.717, 1.165) is 38.6 Å². The van der Waals surface area contributed by atoms with Gasteiger partial charge in [-0.15, -0.1) is 0 Å². The molecular formula is C22H40N4O3. The fraction of sp³-hybridized carbons (Fsp3) is 0.864. The average Bonchev–Trinajstić information content (AvgIpc) is 2.63. The van der Waals surface area contributed by atoms with Crippen molar-refractivity contribution in [3.05, 3.63) is 0 Å². The molecule has 2 fully saturated rings. The number of primary amides is 1. The van der Waals surface area contributed by atoms with Crippen LogP contribution in [0.3, 0.4) is 0 Å². The van der Waals surface area contributed by atoms with Crippen LogP contribution in [-0.4, -0.2) is 65.8 Å². The zero-order chi connectivity index (χ0) is 21.6. The maximum absolute atomic E-state index is 13.4. The number of nitrogens with one attached hydrogen (secondary N) is 1. The highest BCUT2D eigenvalue weighted by molar-refractivity contribution is 5.90. The van der Waals surface area contributed by atoms with Gasteiger partial charge in [-0.1, -0.05) is 40.5 Å². The minimum absolute atomic E-state index is 0.0432. The molecule has 166 valence electrons. The van der Waals surface area contributed by atoms with E-state index in [1.807, 2.05) is 9.80 Å². The zero-order valence-electron chi connectivity index (χ0n) is 18.7. The summed E-state index contributed by atoms with van der Waals surface area (Å²) in [5.74, 6) is 0.125. The highest BCUT2D eigenvalue weighted by atomic mass is 16.2. The summed E-state index contributed by atoms with van der Waals surface area (Å²) in [6, 6.07) is -0.596. The van der Waals surface area contributed by atoms with Crippen LogP contribution in [0.15, 0.2) is 0 Å². The van der Waals surface area contributed by atoms with Crippen molar-refractivity contribution >= 4 is 17.7 Å². The van der Waals surface area contributed by atoms with Crippen molar-refractivity contribution in [2.75, 3.05) is 26.2 Å². The highest BCUT2D eigenvalue weighted by Gasteiger charge is 2.39. The third-order valence-corrected chi connectivity index (χ3v) is 6.05. The quantitative estimate of drug-likeness (QED) is 0.641. The predicted octanol–water partition coefficient (Wildman–Crippen LogP) is 1.90. The van der Waals surface area contributed by atoms with Gasteiger partial charge in [-0.3, -0.25) is 14.4 Å². The molecule has 3 amide bonds. The Morgan fingerprint density at radius 1 is 1.21 bits per heavy atom. The molecule has 0 aromatic heterocycles. The van der Waals surface area contributed by atoms with Crippen molar-refractivity contribution in [1.29, 1.82) is 0 Å². The lowest BCUT2D eigenvalue weighted by atomic mass is 9.86. The number of hydrogen-bond donors (Lipinski definition) is 2. The van der Waals surface area contributed by atoms with Crippen LogP contribution in [0.2, 0.25) is 0 Å². The van der Waals surface area contributed by atoms with Gasteiger partial charge in [0.15, 0.2) is 0 Å². The lowest BCUT2D eigenvalue weighted by molar-refractivity contribution is -0.150. The van der Waals surface area contributed by atoms with Gasteiger partial charge in [0.05, 0.1) is 6.04 Å². The van der Waals surface area contributed by atoms with Crippen LogP contribution in [0.25, 0.3) is 0 Å². The molecule has 0 unspecified atom stereocenters. The average molecular weight is 409 g/mol. The number of unbranched alkanes of at least 4 members (excludes halogenated alkanes) is 1. The number of nitrogens with zero attached hydrogens (tertiary/aromatic N) is 2. The van der Waals surface area contributed by atoms with Crippen LogP contribution in [0.1, 0.15) is 72.6 Å². The number of nitrogens with two attached hydrogens (primary N) is 1. The van der Waals surface area contributed by atoms with Gasteiger partial charge in [-0.05, 0) is 37.0 Å². The normalized spacial score (nSPS) is 22.6. The van der Waals surface area contributed by atoms with Crippen LogP contribution in [-0.2, 0) is 14.4 Å². The molecule has 2 aliphatic heterocycles. The Balaban J connectivity index is 2.07. The molecule has 0 aromatic carbocycles. The zero-order valence-corrected chi connectivity index (χ0v) is 18.7. The molecule has 3 N–H and O–H groups in total. The first-order valence-electron chi connectivity index (χ1n) is 11.2. The molecule has 0 radical (unpaired) electrons. The number of carbonyl (C=O) groups excluding carboxylic acids is 3. The number of piperazine rings is 1. The van der Waals surface area contributed by atoms with E-state index in [-0.39, 0.29) is 41.1 Å². The maximum Gasteiger partial charge on any atom is 0.245 e. The monoisotopic (exact) mass is 408 g/mol. The van der Waals surface area contributed by atoms with Crippen molar-refractivity contribution in [3.8, 4) is 0 Å². The van der Waals surface area contributed by atoms with Crippen LogP contribution >= 0.6 is 0 Å². The second-order valence-corrected chi connectivity index (χ2v) is 9.90. The molecule has 29 heavy (non-hydrogen) atoms. The Labute approximate surface area is 175 Å². The van der Waals surface area contributed by atoms with Crippen molar-refractivity contribution in [2.45, 2.75) is 84.7 Å². The minimum Gasteiger partial charge on any atom is -0.370 e. The first-order chi connectivity index (χ1) is 13.6. The summed E-state index contributed by atoms with van der Waals surface area (Å²) in [7, 11) is 0. The van der Waals surface area contributed by atoms with E-state index in [4.69, 9.17) is 5.73 Å². The summed E-state index contributed by atoms with van der Waals surface area (Å²) in [6.45, 7) is 11.1. The predicted molar refractivity (Wildman–Crippen MR) is 114 cm³/mol. The van der Waals surface area contributed by atoms with Crippen LogP contribution in [0.5, 0.6) is 0 Å². The summed E-state index contributed by atoms with van der Waals surface area (Å²) in [6.07, 6.45) is 5.40. The number of likely N-dealkylation sites (tertiary alicyclic amines) is 1. The lowest BCUT2D eigenvalue weighted by Crippen LogP contribution is -2.62. The van der Waals surface area contributed by atoms with Gasteiger partial charge in [0.1, 0.15) is 6.04 Å². The van der Waals surface area contributed by atoms with E-state index in [9.17, 15) is 14.4 Å². The van der Waals surface area contributed by atoms with Crippen molar-refractivity contribution < 1.29 is 14.4 Å². The number of amides is 3. The van der Waals surface area contributed by atoms with E-state index in [1.54, 1.807) is 0 Å². The minimum atomic E-state index is -0.375. The second kappa shape index (κ2) is 10.4. The highest BCUT2D eigenvalue weighted by Crippen LogP contribution is 2.26. The van der Waals surface area contributed by atoms with E-state index >= 15 is 0 Å². The summed E-state index contributed by atoms with van der Waals surface area (Å²) >= 11 is 0. The number of hydrogen-bond acceptors (Lipinski definition) is 4. The third kappa shape index (κ3) is 6.98. The van der Waals surface area contributed by atoms with Gasteiger partial charge in [0.2, 0.25) is 17.7 Å². The fourth-order valence-corrected chi connectivity index (χ4v) is 4.50. The van der Waals surface area contributed by atoms with Crippen molar-refractivity contribution in [2.24, 2.45) is 17.1 Å².